The van der Waals surface area contributed by atoms with Gasteiger partial charge in [0.2, 0.25) is 0 Å². The molecule has 142 valence electrons. The van der Waals surface area contributed by atoms with Gasteiger partial charge in [-0.15, -0.1) is 0 Å². The molecule has 9 heteroatoms. The summed E-state index contributed by atoms with van der Waals surface area (Å²) in [7, 11) is -8.36. The lowest BCUT2D eigenvalue weighted by molar-refractivity contribution is -0.137. The second-order valence-electron chi connectivity index (χ2n) is 8.80. The quantitative estimate of drug-likeness (QED) is 0.216. The zero-order valence-corrected chi connectivity index (χ0v) is 20.9. The molecule has 0 bridgehead atoms. The zero-order chi connectivity index (χ0) is 19.2. The lowest BCUT2D eigenvalue weighted by Crippen LogP contribution is -2.60. The lowest BCUT2D eigenvalue weighted by atomic mass is 10.5. The molecule has 0 radical (unpaired) electrons. The van der Waals surface area contributed by atoms with Crippen molar-refractivity contribution in [1.29, 1.82) is 0 Å². The van der Waals surface area contributed by atoms with Crippen molar-refractivity contribution in [2.24, 2.45) is 0 Å². The van der Waals surface area contributed by atoms with Gasteiger partial charge in [-0.2, -0.15) is 0 Å². The Morgan fingerprint density at radius 3 is 1.50 bits per heavy atom. The molecular weight excluding hydrogens is 373 g/mol. The van der Waals surface area contributed by atoms with Crippen LogP contribution in [0.15, 0.2) is 12.7 Å². The van der Waals surface area contributed by atoms with Gasteiger partial charge >= 0.3 is 14.8 Å². The maximum absolute atomic E-state index is 11.2. The van der Waals surface area contributed by atoms with Crippen LogP contribution in [0.5, 0.6) is 0 Å². The average Bonchev–Trinajstić information content (AvgIpc) is 2.27. The minimum Gasteiger partial charge on any atom is -0.463 e. The molecule has 0 aliphatic carbocycles. The van der Waals surface area contributed by atoms with E-state index in [-0.39, 0.29) is 0 Å². The summed E-state index contributed by atoms with van der Waals surface area (Å²) in [6.07, 6.45) is 1.85. The van der Waals surface area contributed by atoms with E-state index in [0.29, 0.717) is 19.1 Å². The Morgan fingerprint density at radius 1 is 0.833 bits per heavy atom. The number of ether oxygens (including phenoxy) is 1. The molecule has 0 aliphatic heterocycles. The summed E-state index contributed by atoms with van der Waals surface area (Å²) < 4.78 is 24.8. The molecule has 0 aromatic heterocycles. The summed E-state index contributed by atoms with van der Waals surface area (Å²) in [5.41, 5.74) is 0. The Kier molecular flexibility index (Phi) is 9.04. The fourth-order valence-electron chi connectivity index (χ4n) is 2.14. The molecule has 0 saturated heterocycles. The topological polar surface area (TPSA) is 54.0 Å². The van der Waals surface area contributed by atoms with Crippen molar-refractivity contribution >= 4 is 39.7 Å². The van der Waals surface area contributed by atoms with E-state index in [1.165, 1.54) is 6.08 Å². The van der Waals surface area contributed by atoms with Crippen LogP contribution in [-0.4, -0.2) is 46.3 Å². The Hall–Kier alpha value is -0.0425. The smallest absolute Gasteiger partial charge is 0.463 e. The first-order valence-corrected chi connectivity index (χ1v) is 20.6. The molecule has 0 saturated carbocycles. The fraction of sp³-hybridized carbons (Fsp3) is 0.800. The summed E-state index contributed by atoms with van der Waals surface area (Å²) in [4.78, 5) is 11.2. The van der Waals surface area contributed by atoms with Crippen molar-refractivity contribution in [1.82, 2.24) is 0 Å². The van der Waals surface area contributed by atoms with Crippen LogP contribution in [-0.2, 0) is 21.9 Å². The largest absolute Gasteiger partial charge is 0.469 e. The lowest BCUT2D eigenvalue weighted by Gasteiger charge is -2.42. The van der Waals surface area contributed by atoms with Crippen LogP contribution in [0.25, 0.3) is 0 Å². The third-order valence-electron chi connectivity index (χ3n) is 2.42. The predicted octanol–water partition coefficient (Wildman–Crippen LogP) is 4.60. The van der Waals surface area contributed by atoms with Gasteiger partial charge in [-0.1, -0.05) is 6.58 Å². The molecule has 0 unspecified atom stereocenters. The second-order valence-corrected chi connectivity index (χ2v) is 25.8. The van der Waals surface area contributed by atoms with Gasteiger partial charge in [0.05, 0.1) is 6.61 Å². The van der Waals surface area contributed by atoms with E-state index in [1.54, 1.807) is 0 Å². The van der Waals surface area contributed by atoms with E-state index in [0.717, 1.165) is 0 Å². The third-order valence-corrected chi connectivity index (χ3v) is 14.5. The number of hydrogen-bond acceptors (Lipinski definition) is 5. The van der Waals surface area contributed by atoms with Gasteiger partial charge in [0, 0.05) is 12.1 Å². The third kappa shape index (κ3) is 12.3. The van der Waals surface area contributed by atoms with E-state index in [9.17, 15) is 4.79 Å². The molecule has 0 aromatic carbocycles. The van der Waals surface area contributed by atoms with Crippen LogP contribution >= 0.6 is 0 Å². The normalized spacial score (nSPS) is 13.7. The molecule has 5 nitrogen and oxygen atoms in total. The van der Waals surface area contributed by atoms with Gasteiger partial charge in [0.1, 0.15) is 0 Å². The summed E-state index contributed by atoms with van der Waals surface area (Å²) in [6.45, 7) is 23.2. The zero-order valence-electron chi connectivity index (χ0n) is 16.9. The highest BCUT2D eigenvalue weighted by molar-refractivity contribution is 6.90. The van der Waals surface area contributed by atoms with E-state index in [4.69, 9.17) is 17.1 Å². The Bertz CT molecular complexity index is 380. The molecule has 0 rings (SSSR count). The highest BCUT2D eigenvalue weighted by Crippen LogP contribution is 2.29. The van der Waals surface area contributed by atoms with Crippen molar-refractivity contribution in [2.75, 3.05) is 6.61 Å². The van der Waals surface area contributed by atoms with Crippen molar-refractivity contribution in [3.05, 3.63) is 12.7 Å². The van der Waals surface area contributed by atoms with E-state index < -0.39 is 39.7 Å². The van der Waals surface area contributed by atoms with Gasteiger partial charge in [-0.05, 0) is 65.3 Å². The molecule has 0 aliphatic rings. The maximum atomic E-state index is 11.2. The van der Waals surface area contributed by atoms with Gasteiger partial charge in [0.25, 0.3) is 0 Å². The average molecular weight is 409 g/mol. The number of carbonyl (C=O) groups excluding carboxylic acids is 1. The van der Waals surface area contributed by atoms with Crippen molar-refractivity contribution in [3.8, 4) is 0 Å². The molecule has 0 N–H and O–H groups in total. The molecule has 0 aromatic rings. The highest BCUT2D eigenvalue weighted by Gasteiger charge is 2.49. The number of hydrogen-bond donors (Lipinski definition) is 0. The van der Waals surface area contributed by atoms with Gasteiger partial charge in [-0.3, -0.25) is 0 Å². The second kappa shape index (κ2) is 9.06. The summed E-state index contributed by atoms with van der Waals surface area (Å²) >= 11 is 0. The molecule has 0 amide bonds. The molecule has 0 fully saturated rings. The summed E-state index contributed by atoms with van der Waals surface area (Å²) in [5.74, 6) is -0.398. The minimum absolute atomic E-state index is 0.332. The van der Waals surface area contributed by atoms with E-state index >= 15 is 0 Å². The monoisotopic (exact) mass is 408 g/mol. The fourth-order valence-corrected chi connectivity index (χ4v) is 16.8. The number of carbonyl (C=O) groups is 1. The van der Waals surface area contributed by atoms with Gasteiger partial charge < -0.3 is 17.1 Å². The molecule has 0 heterocycles. The minimum atomic E-state index is -2.82. The SMILES string of the molecule is C=CC(=O)OCCC[Si](O[Si](C)(C)C)(O[Si](C)(C)C)O[Si](C)(C)C. The van der Waals surface area contributed by atoms with Gasteiger partial charge in [-0.25, -0.2) is 4.79 Å². The molecule has 0 spiro atoms. The Morgan fingerprint density at radius 2 is 1.21 bits per heavy atom. The molecular formula is C15H36O5Si4. The first-order valence-electron chi connectivity index (χ1n) is 8.47. The first-order chi connectivity index (χ1) is 10.6. The van der Waals surface area contributed by atoms with Crippen molar-refractivity contribution in [2.45, 2.75) is 71.4 Å². The van der Waals surface area contributed by atoms with E-state index in [2.05, 4.69) is 65.5 Å². The Balaban J connectivity index is 5.30. The van der Waals surface area contributed by atoms with Crippen LogP contribution in [0.4, 0.5) is 0 Å². The Labute approximate surface area is 152 Å². The van der Waals surface area contributed by atoms with Crippen molar-refractivity contribution in [3.63, 3.8) is 0 Å². The predicted molar refractivity (Wildman–Crippen MR) is 110 cm³/mol. The standard InChI is InChI=1S/C15H36O5Si4/c1-11-15(16)17-13-12-14-24(18-21(2,3)4,19-22(5,6)7)20-23(8,9)10/h11H,1,12-14H2,2-10H3. The molecule has 24 heavy (non-hydrogen) atoms. The van der Waals surface area contributed by atoms with Crippen LogP contribution in [0, 0.1) is 0 Å². The first kappa shape index (κ1) is 24.0. The van der Waals surface area contributed by atoms with Crippen molar-refractivity contribution < 1.29 is 21.9 Å². The summed E-state index contributed by atoms with van der Waals surface area (Å²) in [5, 5.41) is 0. The van der Waals surface area contributed by atoms with Crippen LogP contribution in [0.2, 0.25) is 65.0 Å². The van der Waals surface area contributed by atoms with E-state index in [1.807, 2.05) is 0 Å². The number of esters is 1. The van der Waals surface area contributed by atoms with Crippen LogP contribution < -0.4 is 0 Å². The number of rotatable bonds is 11. The van der Waals surface area contributed by atoms with Crippen LogP contribution in [0.3, 0.4) is 0 Å². The maximum Gasteiger partial charge on any atom is 0.469 e. The highest BCUT2D eigenvalue weighted by atomic mass is 28.5. The summed E-state index contributed by atoms with van der Waals surface area (Å²) in [6, 6.07) is 0.677. The van der Waals surface area contributed by atoms with Crippen LogP contribution in [0.1, 0.15) is 6.42 Å². The molecule has 0 atom stereocenters. The van der Waals surface area contributed by atoms with Gasteiger partial charge in [0.15, 0.2) is 25.0 Å².